The molecule has 0 bridgehead atoms. The van der Waals surface area contributed by atoms with Crippen molar-refractivity contribution < 1.29 is 29.3 Å². The van der Waals surface area contributed by atoms with Crippen molar-refractivity contribution in [3.05, 3.63) is 89.1 Å². The van der Waals surface area contributed by atoms with Gasteiger partial charge in [-0.1, -0.05) is 54.1 Å². The number of hydrogen-bond donors (Lipinski definition) is 2. The number of carboxylic acid groups (broad SMARTS) is 2. The molecule has 1 saturated heterocycles. The van der Waals surface area contributed by atoms with Crippen molar-refractivity contribution in [2.75, 3.05) is 0 Å². The summed E-state index contributed by atoms with van der Waals surface area (Å²) in [5.74, 6) is -5.16. The Kier molecular flexibility index (Phi) is 8.04. The lowest BCUT2D eigenvalue weighted by molar-refractivity contribution is -0.317. The van der Waals surface area contributed by atoms with Crippen LogP contribution in [0.2, 0.25) is 5.02 Å². The van der Waals surface area contributed by atoms with Crippen LogP contribution in [0.25, 0.3) is 0 Å². The van der Waals surface area contributed by atoms with E-state index >= 15 is 0 Å². The Hall–Kier alpha value is -4.17. The van der Waals surface area contributed by atoms with Crippen molar-refractivity contribution in [2.45, 2.75) is 18.0 Å². The highest BCUT2D eigenvalue weighted by atomic mass is 35.5. The van der Waals surface area contributed by atoms with Gasteiger partial charge in [-0.2, -0.15) is 5.26 Å². The van der Waals surface area contributed by atoms with Gasteiger partial charge in [0, 0.05) is 22.7 Å². The SMILES string of the molecule is N#CC1(C(=O)[O-])C(c2ccc(Cl)cc2)C(C(=O)Oc2ccccc2)N2C=C(C(=O)[O-])C=CC21.[NH4+].[NH4+]. The van der Waals surface area contributed by atoms with E-state index in [1.165, 1.54) is 47.4 Å². The Bertz CT molecular complexity index is 1220. The smallest absolute Gasteiger partial charge is 0.334 e. The Morgan fingerprint density at radius 2 is 1.66 bits per heavy atom. The molecule has 2 aromatic rings. The summed E-state index contributed by atoms with van der Waals surface area (Å²) in [6.07, 6.45) is 3.50. The number of nitriles is 1. The molecule has 4 atom stereocenters. The molecule has 2 aliphatic heterocycles. The molecule has 1 fully saturated rings. The van der Waals surface area contributed by atoms with Crippen molar-refractivity contribution in [1.29, 1.82) is 5.26 Å². The summed E-state index contributed by atoms with van der Waals surface area (Å²) in [7, 11) is 0. The molecule has 0 radical (unpaired) electrons. The number of carbonyl (C=O) groups excluding carboxylic acids is 3. The Morgan fingerprint density at radius 3 is 2.20 bits per heavy atom. The van der Waals surface area contributed by atoms with Crippen molar-refractivity contribution in [3.8, 4) is 11.8 Å². The molecule has 0 amide bonds. The fourth-order valence-electron chi connectivity index (χ4n) is 4.41. The van der Waals surface area contributed by atoms with Gasteiger partial charge in [-0.25, -0.2) is 4.79 Å². The lowest BCUT2D eigenvalue weighted by Gasteiger charge is -2.35. The molecule has 0 saturated carbocycles. The monoisotopic (exact) mass is 498 g/mol. The molecule has 4 rings (SSSR count). The third-order valence-corrected chi connectivity index (χ3v) is 6.10. The van der Waals surface area contributed by atoms with Crippen molar-refractivity contribution in [2.24, 2.45) is 5.41 Å². The molecule has 2 aromatic carbocycles. The number of quaternary nitrogens is 2. The van der Waals surface area contributed by atoms with E-state index in [2.05, 4.69) is 0 Å². The molecule has 2 aliphatic rings. The zero-order valence-electron chi connectivity index (χ0n) is 18.9. The largest absolute Gasteiger partial charge is 0.548 e. The molecular weight excluding hydrogens is 476 g/mol. The molecule has 4 unspecified atom stereocenters. The molecule has 10 nitrogen and oxygen atoms in total. The van der Waals surface area contributed by atoms with Crippen LogP contribution in [0.1, 0.15) is 11.5 Å². The van der Waals surface area contributed by atoms with Crippen LogP contribution in [0.15, 0.2) is 78.5 Å². The number of nitrogens with zero attached hydrogens (tertiary/aromatic N) is 2. The summed E-state index contributed by atoms with van der Waals surface area (Å²) in [5, 5.41) is 34.4. The second-order valence-electron chi connectivity index (χ2n) is 7.60. The summed E-state index contributed by atoms with van der Waals surface area (Å²) in [6.45, 7) is 0. The number of carboxylic acids is 2. The van der Waals surface area contributed by atoms with Gasteiger partial charge in [-0.15, -0.1) is 0 Å². The number of aliphatic carboxylic acids is 2. The molecule has 0 spiro atoms. The van der Waals surface area contributed by atoms with E-state index in [0.717, 1.165) is 12.3 Å². The third-order valence-electron chi connectivity index (χ3n) is 5.85. The van der Waals surface area contributed by atoms with Gasteiger partial charge in [-0.3, -0.25) is 0 Å². The van der Waals surface area contributed by atoms with E-state index in [1.807, 2.05) is 6.07 Å². The number of esters is 1. The number of fused-ring (bicyclic) bond motifs is 1. The molecule has 35 heavy (non-hydrogen) atoms. The van der Waals surface area contributed by atoms with E-state index in [4.69, 9.17) is 16.3 Å². The first-order valence-electron chi connectivity index (χ1n) is 9.83. The highest BCUT2D eigenvalue weighted by Gasteiger charge is 2.63. The van der Waals surface area contributed by atoms with Crippen LogP contribution in [-0.4, -0.2) is 34.9 Å². The first kappa shape index (κ1) is 27.1. The third kappa shape index (κ3) is 4.48. The van der Waals surface area contributed by atoms with Gasteiger partial charge in [0.25, 0.3) is 0 Å². The summed E-state index contributed by atoms with van der Waals surface area (Å²) < 4.78 is 5.49. The standard InChI is InChI=1S/C24H17ClN2O6.2H3N/c25-16-9-6-14(7-10-16)19-20(22(30)33-17-4-2-1-3-5-17)27-12-15(21(28)29)8-11-18(27)24(19,13-26)23(31)32;;/h1-12,18-20H,(H,28,29)(H,31,32);2*1H3. The fourth-order valence-corrected chi connectivity index (χ4v) is 4.54. The number of para-hydroxylation sites is 1. The van der Waals surface area contributed by atoms with E-state index in [1.54, 1.807) is 18.2 Å². The normalized spacial score (nSPS) is 24.1. The van der Waals surface area contributed by atoms with E-state index < -0.39 is 41.3 Å². The number of rotatable bonds is 5. The lowest BCUT2D eigenvalue weighted by atomic mass is 9.69. The van der Waals surface area contributed by atoms with Gasteiger partial charge < -0.3 is 41.7 Å². The zero-order chi connectivity index (χ0) is 23.8. The predicted octanol–water partition coefficient (Wildman–Crippen LogP) is 1.30. The van der Waals surface area contributed by atoms with Crippen LogP contribution in [0, 0.1) is 16.7 Å². The van der Waals surface area contributed by atoms with Gasteiger partial charge in [-0.05, 0) is 29.8 Å². The van der Waals surface area contributed by atoms with Crippen molar-refractivity contribution in [3.63, 3.8) is 0 Å². The summed E-state index contributed by atoms with van der Waals surface area (Å²) in [4.78, 5) is 38.6. The quantitative estimate of drug-likeness (QED) is 0.452. The number of hydrogen-bond acceptors (Lipinski definition) is 8. The maximum Gasteiger partial charge on any atom is 0.334 e. The summed E-state index contributed by atoms with van der Waals surface area (Å²) in [5.41, 5.74) is -2.20. The summed E-state index contributed by atoms with van der Waals surface area (Å²) in [6, 6.07) is 13.4. The fraction of sp³-hybridized carbons (Fsp3) is 0.167. The second kappa shape index (κ2) is 10.4. The van der Waals surface area contributed by atoms with Crippen LogP contribution in [0.3, 0.4) is 0 Å². The Labute approximate surface area is 205 Å². The first-order valence-corrected chi connectivity index (χ1v) is 10.2. The minimum atomic E-state index is -2.24. The molecule has 0 aromatic heterocycles. The Morgan fingerprint density at radius 1 is 1.03 bits per heavy atom. The highest BCUT2D eigenvalue weighted by molar-refractivity contribution is 6.30. The first-order chi connectivity index (χ1) is 15.8. The van der Waals surface area contributed by atoms with Crippen molar-refractivity contribution in [1.82, 2.24) is 17.2 Å². The molecule has 182 valence electrons. The van der Waals surface area contributed by atoms with E-state index in [0.29, 0.717) is 10.6 Å². The van der Waals surface area contributed by atoms with Crippen LogP contribution in [-0.2, 0) is 14.4 Å². The number of carbonyl (C=O) groups is 3. The predicted molar refractivity (Wildman–Crippen MR) is 123 cm³/mol. The average molecular weight is 499 g/mol. The maximum atomic E-state index is 13.4. The number of halogens is 1. The average Bonchev–Trinajstić information content (AvgIpc) is 3.11. The molecular formula is C24H23ClN4O6. The molecule has 0 aliphatic carbocycles. The number of ether oxygens (including phenoxy) is 1. The van der Waals surface area contributed by atoms with Gasteiger partial charge in [0.1, 0.15) is 17.2 Å². The van der Waals surface area contributed by atoms with Crippen LogP contribution >= 0.6 is 11.6 Å². The topological polar surface area (TPSA) is 207 Å². The zero-order valence-corrected chi connectivity index (χ0v) is 19.6. The minimum Gasteiger partial charge on any atom is -0.548 e. The minimum absolute atomic E-state index is 0. The second-order valence-corrected chi connectivity index (χ2v) is 8.04. The summed E-state index contributed by atoms with van der Waals surface area (Å²) >= 11 is 5.98. The van der Waals surface area contributed by atoms with Gasteiger partial charge >= 0.3 is 5.97 Å². The molecule has 11 heteroatoms. The lowest BCUT2D eigenvalue weighted by Crippen LogP contribution is -2.51. The van der Waals surface area contributed by atoms with E-state index in [-0.39, 0.29) is 23.6 Å². The molecule has 2 heterocycles. The van der Waals surface area contributed by atoms with Crippen LogP contribution < -0.4 is 27.3 Å². The maximum absolute atomic E-state index is 13.4. The Balaban J connectivity index is 0.00000216. The van der Waals surface area contributed by atoms with Crippen LogP contribution in [0.4, 0.5) is 0 Å². The van der Waals surface area contributed by atoms with Gasteiger partial charge in [0.15, 0.2) is 0 Å². The van der Waals surface area contributed by atoms with Gasteiger partial charge in [0.05, 0.1) is 24.0 Å². The van der Waals surface area contributed by atoms with Gasteiger partial charge in [0.2, 0.25) is 0 Å². The van der Waals surface area contributed by atoms with E-state index in [9.17, 15) is 29.9 Å². The molecule has 8 N–H and O–H groups in total. The van der Waals surface area contributed by atoms with Crippen LogP contribution in [0.5, 0.6) is 5.75 Å². The van der Waals surface area contributed by atoms with Crippen molar-refractivity contribution >= 4 is 29.5 Å². The number of benzene rings is 2. The highest BCUT2D eigenvalue weighted by Crippen LogP contribution is 2.53.